The second kappa shape index (κ2) is 14.2. The highest BCUT2D eigenvalue weighted by Crippen LogP contribution is 2.31. The lowest BCUT2D eigenvalue weighted by molar-refractivity contribution is 0.426. The van der Waals surface area contributed by atoms with Gasteiger partial charge in [0.05, 0.1) is 11.4 Å². The average Bonchev–Trinajstić information content (AvgIpc) is 2.79. The summed E-state index contributed by atoms with van der Waals surface area (Å²) >= 11 is 39.7. The Morgan fingerprint density at radius 1 is 0.556 bits per heavy atom. The summed E-state index contributed by atoms with van der Waals surface area (Å²) in [5, 5.41) is 19.8. The molecule has 0 fully saturated rings. The Balaban J connectivity index is 0.000000200. The highest BCUT2D eigenvalue weighted by molar-refractivity contribution is 6.59. The smallest absolute Gasteiger partial charge is 0.423 e. The minimum Gasteiger partial charge on any atom is -0.423 e. The predicted octanol–water partition coefficient (Wildman–Crippen LogP) is 5.72. The molecule has 0 amide bonds. The van der Waals surface area contributed by atoms with Gasteiger partial charge in [-0.25, -0.2) is 19.9 Å². The van der Waals surface area contributed by atoms with Gasteiger partial charge in [0.1, 0.15) is 18.3 Å². The second-order valence-electron chi connectivity index (χ2n) is 6.53. The van der Waals surface area contributed by atoms with E-state index < -0.39 is 7.12 Å². The minimum atomic E-state index is -1.52. The van der Waals surface area contributed by atoms with Crippen molar-refractivity contribution in [1.82, 2.24) is 19.9 Å². The molecule has 0 aliphatic rings. The van der Waals surface area contributed by atoms with Crippen LogP contribution in [-0.4, -0.2) is 37.1 Å². The Morgan fingerprint density at radius 3 is 1.36 bits per heavy atom. The summed E-state index contributed by atoms with van der Waals surface area (Å²) in [6, 6.07) is 9.46. The number of hydrogen-bond donors (Lipinski definition) is 4. The summed E-state index contributed by atoms with van der Waals surface area (Å²) in [5.74, 6) is 0. The molecule has 0 bridgehead atoms. The van der Waals surface area contributed by atoms with Crippen molar-refractivity contribution >= 4 is 105 Å². The molecule has 2 aromatic carbocycles. The van der Waals surface area contributed by atoms with E-state index in [1.54, 1.807) is 18.2 Å². The zero-order valence-electron chi connectivity index (χ0n) is 17.7. The molecule has 4 aromatic rings. The summed E-state index contributed by atoms with van der Waals surface area (Å²) in [6.07, 6.45) is 2.59. The maximum atomic E-state index is 8.71. The van der Waals surface area contributed by atoms with E-state index >= 15 is 0 Å². The van der Waals surface area contributed by atoms with Crippen LogP contribution >= 0.6 is 81.2 Å². The zero-order valence-corrected chi connectivity index (χ0v) is 23.0. The predicted molar refractivity (Wildman–Crippen MR) is 150 cm³/mol. The van der Waals surface area contributed by atoms with E-state index in [1.165, 1.54) is 30.9 Å². The molecule has 8 nitrogen and oxygen atoms in total. The number of nitrogens with two attached hydrogens (primary N) is 2. The molecule has 16 heteroatoms. The van der Waals surface area contributed by atoms with Crippen LogP contribution in [0.5, 0.6) is 0 Å². The van der Waals surface area contributed by atoms with E-state index in [1.807, 2.05) is 0 Å². The molecule has 2 aromatic heterocycles. The van der Waals surface area contributed by atoms with Crippen molar-refractivity contribution in [2.75, 3.05) is 11.5 Å². The van der Waals surface area contributed by atoms with Gasteiger partial charge in [-0.2, -0.15) is 0 Å². The lowest BCUT2D eigenvalue weighted by Crippen LogP contribution is -2.29. The molecule has 6 N–H and O–H groups in total. The van der Waals surface area contributed by atoms with Crippen LogP contribution < -0.4 is 16.9 Å². The molecule has 0 aliphatic carbocycles. The van der Waals surface area contributed by atoms with Crippen LogP contribution in [0, 0.1) is 0 Å². The topological polar surface area (TPSA) is 144 Å². The fraction of sp³-hybridized carbons (Fsp3) is 0. The molecule has 4 rings (SSSR count). The number of aromatic nitrogens is 4. The van der Waals surface area contributed by atoms with Crippen molar-refractivity contribution in [3.63, 3.8) is 0 Å². The molecule has 0 radical (unpaired) electrons. The Labute approximate surface area is 241 Å². The first-order valence-corrected chi connectivity index (χ1v) is 12.0. The van der Waals surface area contributed by atoms with E-state index in [2.05, 4.69) is 19.9 Å². The summed E-state index contributed by atoms with van der Waals surface area (Å²) in [6.45, 7) is 0. The standard InChI is InChI=1S/C10H6Cl3N3.C6H5BCl2O2.C4H3Cl2N3/c11-6-1-5(2-7(12)3-6)9-8(14)10(13)16-4-15-9;8-5-1-4(7(10)11)2-6(9)3-5;5-3-2(7)4(6)9-1-8-3/h1-4H,14H2;1-3,10-11H;1H,7H2. The number of nitrogens with zero attached hydrogens (tertiary/aromatic N) is 4. The molecular weight excluding hydrogens is 615 g/mol. The molecule has 0 saturated heterocycles. The molecule has 0 atom stereocenters. The van der Waals surface area contributed by atoms with Crippen LogP contribution in [0.3, 0.4) is 0 Å². The molecule has 188 valence electrons. The largest absolute Gasteiger partial charge is 0.488 e. The van der Waals surface area contributed by atoms with Gasteiger partial charge >= 0.3 is 7.12 Å². The number of benzene rings is 2. The number of nitrogen functional groups attached to an aromatic ring is 2. The fourth-order valence-corrected chi connectivity index (χ4v) is 3.89. The molecule has 0 spiro atoms. The lowest BCUT2D eigenvalue weighted by Gasteiger charge is -2.06. The molecule has 36 heavy (non-hydrogen) atoms. The molecular formula is C20H14BCl7N6O2. The monoisotopic (exact) mass is 626 g/mol. The number of rotatable bonds is 2. The first-order valence-electron chi connectivity index (χ1n) is 9.35. The second-order valence-corrected chi connectivity index (χ2v) is 9.35. The first kappa shape index (κ1) is 30.4. The summed E-state index contributed by atoms with van der Waals surface area (Å²) in [4.78, 5) is 15.0. The van der Waals surface area contributed by atoms with Crippen molar-refractivity contribution in [2.45, 2.75) is 0 Å². The Hall–Kier alpha value is -1.79. The number of anilines is 2. The van der Waals surface area contributed by atoms with Gasteiger partial charge in [0.15, 0.2) is 15.5 Å². The number of hydrogen-bond acceptors (Lipinski definition) is 8. The zero-order chi connectivity index (χ0) is 27.0. The maximum absolute atomic E-state index is 8.71. The van der Waals surface area contributed by atoms with Crippen molar-refractivity contribution in [1.29, 1.82) is 0 Å². The molecule has 0 unspecified atom stereocenters. The maximum Gasteiger partial charge on any atom is 0.488 e. The van der Waals surface area contributed by atoms with Crippen molar-refractivity contribution in [3.05, 3.63) is 84.6 Å². The van der Waals surface area contributed by atoms with Crippen molar-refractivity contribution in [3.8, 4) is 11.3 Å². The SMILES string of the molecule is Nc1c(Cl)ncnc1-c1cc(Cl)cc(Cl)c1.Nc1c(Cl)ncnc1Cl.OB(O)c1cc(Cl)cc(Cl)c1. The van der Waals surface area contributed by atoms with Crippen LogP contribution in [0.15, 0.2) is 49.1 Å². The first-order chi connectivity index (χ1) is 16.9. The van der Waals surface area contributed by atoms with Crippen molar-refractivity contribution in [2.24, 2.45) is 0 Å². The van der Waals surface area contributed by atoms with Gasteiger partial charge < -0.3 is 21.5 Å². The summed E-state index contributed by atoms with van der Waals surface area (Å²) < 4.78 is 0. The molecule has 0 saturated carbocycles. The van der Waals surface area contributed by atoms with E-state index in [4.69, 9.17) is 103 Å². The lowest BCUT2D eigenvalue weighted by atomic mass is 9.80. The van der Waals surface area contributed by atoms with Gasteiger partial charge in [-0.15, -0.1) is 0 Å². The third-order valence-corrected chi connectivity index (χ3v) is 5.72. The van der Waals surface area contributed by atoms with Gasteiger partial charge in [0.2, 0.25) is 0 Å². The highest BCUT2D eigenvalue weighted by Gasteiger charge is 2.12. The molecule has 2 heterocycles. The Bertz CT molecular complexity index is 1290. The van der Waals surface area contributed by atoms with Crippen LogP contribution in [0.1, 0.15) is 0 Å². The average molecular weight is 629 g/mol. The van der Waals surface area contributed by atoms with Gasteiger partial charge in [-0.05, 0) is 41.9 Å². The van der Waals surface area contributed by atoms with E-state index in [0.29, 0.717) is 42.5 Å². The third kappa shape index (κ3) is 9.26. The normalized spacial score (nSPS) is 10.0. The Morgan fingerprint density at radius 2 is 0.944 bits per heavy atom. The number of halogens is 7. The van der Waals surface area contributed by atoms with E-state index in [-0.39, 0.29) is 21.1 Å². The van der Waals surface area contributed by atoms with Crippen LogP contribution in [0.25, 0.3) is 11.3 Å². The van der Waals surface area contributed by atoms with Gasteiger partial charge in [-0.1, -0.05) is 81.2 Å². The quantitative estimate of drug-likeness (QED) is 0.163. The minimum absolute atomic E-state index is 0.190. The van der Waals surface area contributed by atoms with E-state index in [0.717, 1.165) is 0 Å². The van der Waals surface area contributed by atoms with Crippen LogP contribution in [0.2, 0.25) is 35.5 Å². The van der Waals surface area contributed by atoms with Crippen LogP contribution in [0.4, 0.5) is 11.4 Å². The van der Waals surface area contributed by atoms with Gasteiger partial charge in [0, 0.05) is 25.7 Å². The highest BCUT2D eigenvalue weighted by atomic mass is 35.5. The van der Waals surface area contributed by atoms with E-state index in [9.17, 15) is 0 Å². The molecule has 0 aliphatic heterocycles. The fourth-order valence-electron chi connectivity index (χ4n) is 2.37. The van der Waals surface area contributed by atoms with Crippen LogP contribution in [-0.2, 0) is 0 Å². The van der Waals surface area contributed by atoms with Gasteiger partial charge in [-0.3, -0.25) is 0 Å². The third-order valence-electron chi connectivity index (χ3n) is 3.94. The van der Waals surface area contributed by atoms with Gasteiger partial charge in [0.25, 0.3) is 0 Å². The summed E-state index contributed by atoms with van der Waals surface area (Å²) in [5.41, 5.74) is 13.1. The Kier molecular flexibility index (Phi) is 12.0. The van der Waals surface area contributed by atoms with Crippen molar-refractivity contribution < 1.29 is 10.0 Å². The summed E-state index contributed by atoms with van der Waals surface area (Å²) in [7, 11) is -1.52.